The Balaban J connectivity index is 1.98. The zero-order valence-electron chi connectivity index (χ0n) is 12.3. The first-order valence-electron chi connectivity index (χ1n) is 7.27. The lowest BCUT2D eigenvalue weighted by Crippen LogP contribution is -2.28. The third kappa shape index (κ3) is 3.37. The average Bonchev–Trinajstić information content (AvgIpc) is 2.38. The van der Waals surface area contributed by atoms with Gasteiger partial charge in [-0.3, -0.25) is 4.79 Å². The van der Waals surface area contributed by atoms with Crippen LogP contribution >= 0.6 is 0 Å². The summed E-state index contributed by atoms with van der Waals surface area (Å²) in [6.07, 6.45) is 4.42. The van der Waals surface area contributed by atoms with E-state index in [4.69, 9.17) is 5.73 Å². The Morgan fingerprint density at radius 1 is 1.05 bits per heavy atom. The van der Waals surface area contributed by atoms with Crippen molar-refractivity contribution in [3.63, 3.8) is 0 Å². The van der Waals surface area contributed by atoms with Gasteiger partial charge in [-0.1, -0.05) is 20.8 Å². The highest BCUT2D eigenvalue weighted by Gasteiger charge is 2.32. The van der Waals surface area contributed by atoms with E-state index in [2.05, 4.69) is 20.8 Å². The van der Waals surface area contributed by atoms with E-state index in [1.54, 1.807) is 0 Å². The van der Waals surface area contributed by atoms with Crippen LogP contribution in [0.1, 0.15) is 56.8 Å². The molecule has 1 aromatic rings. The number of hydrogen-bond donors (Lipinski definition) is 1. The number of ketones is 1. The third-order valence-corrected chi connectivity index (χ3v) is 4.52. The molecule has 2 rings (SSSR count). The van der Waals surface area contributed by atoms with E-state index in [0.717, 1.165) is 24.3 Å². The molecule has 0 spiro atoms. The Bertz CT molecular complexity index is 433. The Morgan fingerprint density at radius 2 is 1.58 bits per heavy atom. The number of nitrogens with two attached hydrogens (primary N) is 1. The van der Waals surface area contributed by atoms with Crippen molar-refractivity contribution in [2.24, 2.45) is 17.3 Å². The molecule has 2 N–H and O–H groups in total. The highest BCUT2D eigenvalue weighted by molar-refractivity contribution is 5.98. The van der Waals surface area contributed by atoms with Gasteiger partial charge in [0.1, 0.15) is 0 Å². The van der Waals surface area contributed by atoms with E-state index in [0.29, 0.717) is 16.9 Å². The second-order valence-electron chi connectivity index (χ2n) is 6.90. The fourth-order valence-electron chi connectivity index (χ4n) is 3.10. The third-order valence-electron chi connectivity index (χ3n) is 4.52. The van der Waals surface area contributed by atoms with E-state index in [1.807, 2.05) is 24.3 Å². The Kier molecular flexibility index (Phi) is 3.98. The standard InChI is InChI=1S/C17H25NO/c1-17(2,3)14-8-4-12(5-9-14)16(19)13-6-10-15(18)11-7-13/h6-7,10-12,14H,4-5,8-9,18H2,1-3H3. The number of carbonyl (C=O) groups is 1. The SMILES string of the molecule is CC(C)(C)C1CCC(C(=O)c2ccc(N)cc2)CC1. The minimum absolute atomic E-state index is 0.210. The van der Waals surface area contributed by atoms with Crippen LogP contribution in [0.15, 0.2) is 24.3 Å². The molecule has 1 aliphatic rings. The number of Topliss-reactive ketones (excluding diaryl/α,β-unsaturated/α-hetero) is 1. The van der Waals surface area contributed by atoms with E-state index >= 15 is 0 Å². The second-order valence-corrected chi connectivity index (χ2v) is 6.90. The van der Waals surface area contributed by atoms with Gasteiger partial charge in [0.2, 0.25) is 0 Å². The zero-order chi connectivity index (χ0) is 14.0. The number of anilines is 1. The van der Waals surface area contributed by atoms with Gasteiger partial charge in [0.05, 0.1) is 0 Å². The lowest BCUT2D eigenvalue weighted by atomic mass is 9.69. The molecule has 0 amide bonds. The van der Waals surface area contributed by atoms with Gasteiger partial charge >= 0.3 is 0 Å². The summed E-state index contributed by atoms with van der Waals surface area (Å²) < 4.78 is 0. The molecule has 1 aliphatic carbocycles. The molecule has 2 heteroatoms. The summed E-state index contributed by atoms with van der Waals surface area (Å²) in [5, 5.41) is 0. The van der Waals surface area contributed by atoms with Gasteiger partial charge < -0.3 is 5.73 Å². The Morgan fingerprint density at radius 3 is 2.05 bits per heavy atom. The van der Waals surface area contributed by atoms with Crippen molar-refractivity contribution in [3.05, 3.63) is 29.8 Å². The van der Waals surface area contributed by atoms with Crippen molar-refractivity contribution in [1.29, 1.82) is 0 Å². The van der Waals surface area contributed by atoms with Crippen LogP contribution in [-0.4, -0.2) is 5.78 Å². The van der Waals surface area contributed by atoms with Gasteiger partial charge in [0, 0.05) is 17.2 Å². The summed E-state index contributed by atoms with van der Waals surface area (Å²) in [6, 6.07) is 7.34. The van der Waals surface area contributed by atoms with Crippen molar-refractivity contribution in [1.82, 2.24) is 0 Å². The first-order chi connectivity index (χ1) is 8.88. The van der Waals surface area contributed by atoms with Crippen LogP contribution in [0.25, 0.3) is 0 Å². The minimum atomic E-state index is 0.210. The highest BCUT2D eigenvalue weighted by Crippen LogP contribution is 2.40. The number of hydrogen-bond acceptors (Lipinski definition) is 2. The molecule has 0 aromatic heterocycles. The molecular formula is C17H25NO. The molecular weight excluding hydrogens is 234 g/mol. The summed E-state index contributed by atoms with van der Waals surface area (Å²) in [7, 11) is 0. The Labute approximate surface area is 116 Å². The van der Waals surface area contributed by atoms with E-state index in [9.17, 15) is 4.79 Å². The van der Waals surface area contributed by atoms with Gasteiger partial charge in [-0.2, -0.15) is 0 Å². The summed E-state index contributed by atoms with van der Waals surface area (Å²) in [6.45, 7) is 6.92. The number of carbonyl (C=O) groups excluding carboxylic acids is 1. The summed E-state index contributed by atoms with van der Waals surface area (Å²) in [4.78, 5) is 12.4. The summed E-state index contributed by atoms with van der Waals surface area (Å²) in [5.74, 6) is 1.26. The molecule has 0 saturated heterocycles. The fourth-order valence-corrected chi connectivity index (χ4v) is 3.10. The fraction of sp³-hybridized carbons (Fsp3) is 0.588. The highest BCUT2D eigenvalue weighted by atomic mass is 16.1. The molecule has 104 valence electrons. The second kappa shape index (κ2) is 5.36. The maximum Gasteiger partial charge on any atom is 0.165 e. The molecule has 1 fully saturated rings. The topological polar surface area (TPSA) is 43.1 Å². The van der Waals surface area contributed by atoms with Crippen molar-refractivity contribution in [2.45, 2.75) is 46.5 Å². The molecule has 0 unspecified atom stereocenters. The largest absolute Gasteiger partial charge is 0.399 e. The van der Waals surface area contributed by atoms with Crippen LogP contribution in [0, 0.1) is 17.3 Å². The number of nitrogen functional groups attached to an aromatic ring is 1. The van der Waals surface area contributed by atoms with E-state index in [-0.39, 0.29) is 5.92 Å². The predicted molar refractivity (Wildman–Crippen MR) is 80.1 cm³/mol. The van der Waals surface area contributed by atoms with Gasteiger partial charge in [-0.25, -0.2) is 0 Å². The molecule has 1 saturated carbocycles. The van der Waals surface area contributed by atoms with Crippen LogP contribution < -0.4 is 5.73 Å². The molecule has 0 radical (unpaired) electrons. The maximum atomic E-state index is 12.4. The molecule has 0 bridgehead atoms. The van der Waals surface area contributed by atoms with E-state index in [1.165, 1.54) is 12.8 Å². The van der Waals surface area contributed by atoms with Gasteiger partial charge in [0.15, 0.2) is 5.78 Å². The van der Waals surface area contributed by atoms with Gasteiger partial charge in [-0.05, 0) is 61.3 Å². The summed E-state index contributed by atoms with van der Waals surface area (Å²) in [5.41, 5.74) is 7.56. The maximum absolute atomic E-state index is 12.4. The van der Waals surface area contributed by atoms with Gasteiger partial charge in [0.25, 0.3) is 0 Å². The molecule has 1 aromatic carbocycles. The zero-order valence-corrected chi connectivity index (χ0v) is 12.3. The van der Waals surface area contributed by atoms with Crippen molar-refractivity contribution < 1.29 is 4.79 Å². The molecule has 0 aliphatic heterocycles. The summed E-state index contributed by atoms with van der Waals surface area (Å²) >= 11 is 0. The van der Waals surface area contributed by atoms with Gasteiger partial charge in [-0.15, -0.1) is 0 Å². The monoisotopic (exact) mass is 259 g/mol. The van der Waals surface area contributed by atoms with Crippen LogP contribution in [0.4, 0.5) is 5.69 Å². The van der Waals surface area contributed by atoms with Crippen LogP contribution in [0.2, 0.25) is 0 Å². The van der Waals surface area contributed by atoms with Crippen molar-refractivity contribution >= 4 is 11.5 Å². The van der Waals surface area contributed by atoms with Crippen molar-refractivity contribution in [2.75, 3.05) is 5.73 Å². The smallest absolute Gasteiger partial charge is 0.165 e. The first-order valence-corrected chi connectivity index (χ1v) is 7.27. The predicted octanol–water partition coefficient (Wildman–Crippen LogP) is 4.30. The Hall–Kier alpha value is -1.31. The first kappa shape index (κ1) is 14.1. The van der Waals surface area contributed by atoms with Crippen LogP contribution in [-0.2, 0) is 0 Å². The lowest BCUT2D eigenvalue weighted by molar-refractivity contribution is 0.0819. The molecule has 0 atom stereocenters. The molecule has 0 heterocycles. The lowest BCUT2D eigenvalue weighted by Gasteiger charge is -2.36. The van der Waals surface area contributed by atoms with Crippen LogP contribution in [0.5, 0.6) is 0 Å². The normalized spacial score (nSPS) is 24.2. The molecule has 2 nitrogen and oxygen atoms in total. The van der Waals surface area contributed by atoms with Crippen molar-refractivity contribution in [3.8, 4) is 0 Å². The number of benzene rings is 1. The average molecular weight is 259 g/mol. The molecule has 19 heavy (non-hydrogen) atoms. The quantitative estimate of drug-likeness (QED) is 0.635. The number of rotatable bonds is 2. The van der Waals surface area contributed by atoms with Crippen LogP contribution in [0.3, 0.4) is 0 Å². The minimum Gasteiger partial charge on any atom is -0.399 e. The van der Waals surface area contributed by atoms with E-state index < -0.39 is 0 Å².